The van der Waals surface area contributed by atoms with Gasteiger partial charge in [-0.25, -0.2) is 0 Å². The lowest BCUT2D eigenvalue weighted by Crippen LogP contribution is -2.39. The van der Waals surface area contributed by atoms with E-state index in [9.17, 15) is 4.79 Å². The van der Waals surface area contributed by atoms with Crippen molar-refractivity contribution in [3.63, 3.8) is 0 Å². The molecule has 1 aromatic rings. The first-order valence-corrected chi connectivity index (χ1v) is 6.89. The summed E-state index contributed by atoms with van der Waals surface area (Å²) >= 11 is 0. The Morgan fingerprint density at radius 1 is 1.33 bits per heavy atom. The predicted octanol–water partition coefficient (Wildman–Crippen LogP) is 2.50. The van der Waals surface area contributed by atoms with Crippen molar-refractivity contribution in [3.05, 3.63) is 29.8 Å². The SMILES string of the molecule is CC1CCCC1NC(=O)C1CNc2ccccc21. The summed E-state index contributed by atoms with van der Waals surface area (Å²) in [6.07, 6.45) is 3.62. The number of amides is 1. The Morgan fingerprint density at radius 2 is 2.17 bits per heavy atom. The highest BCUT2D eigenvalue weighted by molar-refractivity contribution is 5.88. The van der Waals surface area contributed by atoms with Crippen LogP contribution < -0.4 is 10.6 Å². The second-order valence-electron chi connectivity index (χ2n) is 5.54. The lowest BCUT2D eigenvalue weighted by molar-refractivity contribution is -0.123. The molecule has 0 saturated heterocycles. The molecular formula is C15H20N2O. The Hall–Kier alpha value is -1.51. The third-order valence-electron chi connectivity index (χ3n) is 4.34. The highest BCUT2D eigenvalue weighted by Crippen LogP contribution is 2.32. The number of hydrogen-bond donors (Lipinski definition) is 2. The van der Waals surface area contributed by atoms with Crippen LogP contribution in [-0.2, 0) is 4.79 Å². The monoisotopic (exact) mass is 244 g/mol. The Balaban J connectivity index is 1.71. The van der Waals surface area contributed by atoms with Crippen molar-refractivity contribution in [2.24, 2.45) is 5.92 Å². The van der Waals surface area contributed by atoms with Gasteiger partial charge in [-0.3, -0.25) is 4.79 Å². The number of hydrogen-bond acceptors (Lipinski definition) is 2. The van der Waals surface area contributed by atoms with Crippen molar-refractivity contribution < 1.29 is 4.79 Å². The zero-order chi connectivity index (χ0) is 12.5. The van der Waals surface area contributed by atoms with E-state index >= 15 is 0 Å². The fraction of sp³-hybridized carbons (Fsp3) is 0.533. The Labute approximate surface area is 108 Å². The largest absolute Gasteiger partial charge is 0.384 e. The van der Waals surface area contributed by atoms with Crippen LogP contribution in [0.25, 0.3) is 0 Å². The van der Waals surface area contributed by atoms with Crippen LogP contribution in [0.15, 0.2) is 24.3 Å². The second-order valence-corrected chi connectivity index (χ2v) is 5.54. The number of rotatable bonds is 2. The van der Waals surface area contributed by atoms with Gasteiger partial charge in [-0.15, -0.1) is 0 Å². The molecule has 1 aliphatic heterocycles. The first kappa shape index (κ1) is 11.6. The highest BCUT2D eigenvalue weighted by atomic mass is 16.2. The summed E-state index contributed by atoms with van der Waals surface area (Å²) in [6, 6.07) is 8.48. The van der Waals surface area contributed by atoms with E-state index in [0.29, 0.717) is 12.0 Å². The molecule has 0 aromatic heterocycles. The zero-order valence-corrected chi connectivity index (χ0v) is 10.8. The maximum Gasteiger partial charge on any atom is 0.229 e. The number of benzene rings is 1. The molecule has 0 bridgehead atoms. The van der Waals surface area contributed by atoms with E-state index in [1.165, 1.54) is 12.8 Å². The molecule has 1 fully saturated rings. The molecular weight excluding hydrogens is 224 g/mol. The summed E-state index contributed by atoms with van der Waals surface area (Å²) in [5.74, 6) is 0.791. The molecule has 1 saturated carbocycles. The molecule has 0 radical (unpaired) electrons. The van der Waals surface area contributed by atoms with E-state index in [2.05, 4.69) is 23.6 Å². The predicted molar refractivity (Wildman–Crippen MR) is 72.6 cm³/mol. The van der Waals surface area contributed by atoms with Gasteiger partial charge in [0.25, 0.3) is 0 Å². The van der Waals surface area contributed by atoms with Gasteiger partial charge < -0.3 is 10.6 Å². The third kappa shape index (κ3) is 1.98. The molecule has 96 valence electrons. The number of nitrogens with one attached hydrogen (secondary N) is 2. The number of carbonyl (C=O) groups excluding carboxylic acids is 1. The minimum atomic E-state index is -0.0194. The summed E-state index contributed by atoms with van der Waals surface area (Å²) in [6.45, 7) is 2.96. The Morgan fingerprint density at radius 3 is 2.94 bits per heavy atom. The summed E-state index contributed by atoms with van der Waals surface area (Å²) < 4.78 is 0. The smallest absolute Gasteiger partial charge is 0.229 e. The normalized spacial score (nSPS) is 29.7. The van der Waals surface area contributed by atoms with E-state index in [1.54, 1.807) is 0 Å². The van der Waals surface area contributed by atoms with Crippen LogP contribution in [0.1, 0.15) is 37.7 Å². The van der Waals surface area contributed by atoms with E-state index in [1.807, 2.05) is 18.2 Å². The Bertz CT molecular complexity index is 458. The third-order valence-corrected chi connectivity index (χ3v) is 4.34. The van der Waals surface area contributed by atoms with Gasteiger partial charge in [-0.1, -0.05) is 31.5 Å². The van der Waals surface area contributed by atoms with E-state index in [4.69, 9.17) is 0 Å². The molecule has 2 aliphatic rings. The van der Waals surface area contributed by atoms with Gasteiger partial charge in [0, 0.05) is 18.3 Å². The fourth-order valence-corrected chi connectivity index (χ4v) is 3.16. The minimum absolute atomic E-state index is 0.0194. The van der Waals surface area contributed by atoms with Crippen molar-refractivity contribution in [1.29, 1.82) is 0 Å². The van der Waals surface area contributed by atoms with Crippen LogP contribution in [0.4, 0.5) is 5.69 Å². The quantitative estimate of drug-likeness (QED) is 0.839. The molecule has 18 heavy (non-hydrogen) atoms. The van der Waals surface area contributed by atoms with Crippen molar-refractivity contribution in [2.45, 2.75) is 38.1 Å². The van der Waals surface area contributed by atoms with Gasteiger partial charge in [0.2, 0.25) is 5.91 Å². The summed E-state index contributed by atoms with van der Waals surface area (Å²) in [4.78, 5) is 12.4. The summed E-state index contributed by atoms with van der Waals surface area (Å²) in [5.41, 5.74) is 2.25. The number of para-hydroxylation sites is 1. The zero-order valence-electron chi connectivity index (χ0n) is 10.8. The fourth-order valence-electron chi connectivity index (χ4n) is 3.16. The van der Waals surface area contributed by atoms with Crippen molar-refractivity contribution in [1.82, 2.24) is 5.32 Å². The molecule has 1 heterocycles. The van der Waals surface area contributed by atoms with Crippen LogP contribution in [0.3, 0.4) is 0 Å². The lowest BCUT2D eigenvalue weighted by Gasteiger charge is -2.20. The van der Waals surface area contributed by atoms with Crippen LogP contribution in [-0.4, -0.2) is 18.5 Å². The summed E-state index contributed by atoms with van der Waals surface area (Å²) in [7, 11) is 0. The second kappa shape index (κ2) is 4.63. The molecule has 3 nitrogen and oxygen atoms in total. The van der Waals surface area contributed by atoms with Gasteiger partial charge in [0.1, 0.15) is 0 Å². The molecule has 3 unspecified atom stereocenters. The van der Waals surface area contributed by atoms with Crippen LogP contribution in [0, 0.1) is 5.92 Å². The minimum Gasteiger partial charge on any atom is -0.384 e. The van der Waals surface area contributed by atoms with Crippen molar-refractivity contribution >= 4 is 11.6 Å². The van der Waals surface area contributed by atoms with Crippen LogP contribution >= 0.6 is 0 Å². The maximum absolute atomic E-state index is 12.4. The molecule has 2 N–H and O–H groups in total. The first-order valence-electron chi connectivity index (χ1n) is 6.89. The number of fused-ring (bicyclic) bond motifs is 1. The molecule has 3 rings (SSSR count). The first-order chi connectivity index (χ1) is 8.75. The van der Waals surface area contributed by atoms with Crippen molar-refractivity contribution in [2.75, 3.05) is 11.9 Å². The topological polar surface area (TPSA) is 41.1 Å². The lowest BCUT2D eigenvalue weighted by atomic mass is 9.99. The molecule has 1 aromatic carbocycles. The summed E-state index contributed by atoms with van der Waals surface area (Å²) in [5, 5.41) is 6.54. The van der Waals surface area contributed by atoms with E-state index in [-0.39, 0.29) is 11.8 Å². The number of carbonyl (C=O) groups is 1. The molecule has 0 spiro atoms. The van der Waals surface area contributed by atoms with Gasteiger partial charge in [-0.05, 0) is 30.4 Å². The van der Waals surface area contributed by atoms with Crippen LogP contribution in [0.2, 0.25) is 0 Å². The maximum atomic E-state index is 12.4. The highest BCUT2D eigenvalue weighted by Gasteiger charge is 2.31. The Kier molecular flexibility index (Phi) is 2.98. The molecule has 1 amide bonds. The molecule has 1 aliphatic carbocycles. The van der Waals surface area contributed by atoms with Gasteiger partial charge in [0.15, 0.2) is 0 Å². The number of anilines is 1. The average Bonchev–Trinajstić information content (AvgIpc) is 2.96. The van der Waals surface area contributed by atoms with Crippen LogP contribution in [0.5, 0.6) is 0 Å². The standard InChI is InChI=1S/C15H20N2O/c1-10-5-4-8-13(10)17-15(18)12-9-16-14-7-3-2-6-11(12)14/h2-3,6-7,10,12-13,16H,4-5,8-9H2,1H3,(H,17,18). The molecule has 3 heteroatoms. The van der Waals surface area contributed by atoms with Gasteiger partial charge in [-0.2, -0.15) is 0 Å². The van der Waals surface area contributed by atoms with E-state index in [0.717, 1.165) is 24.2 Å². The molecule has 3 atom stereocenters. The van der Waals surface area contributed by atoms with Gasteiger partial charge >= 0.3 is 0 Å². The van der Waals surface area contributed by atoms with Crippen molar-refractivity contribution in [3.8, 4) is 0 Å². The van der Waals surface area contributed by atoms with E-state index < -0.39 is 0 Å². The van der Waals surface area contributed by atoms with Gasteiger partial charge in [0.05, 0.1) is 5.92 Å². The average molecular weight is 244 g/mol.